The highest BCUT2D eigenvalue weighted by Crippen LogP contribution is 2.33. The Morgan fingerprint density at radius 1 is 0.821 bits per heavy atom. The smallest absolute Gasteiger partial charge is 0.338 e. The van der Waals surface area contributed by atoms with E-state index in [1.807, 2.05) is 0 Å². The molecule has 2 aromatic carbocycles. The van der Waals surface area contributed by atoms with Gasteiger partial charge in [-0.25, -0.2) is 4.79 Å². The molecule has 0 radical (unpaired) electrons. The summed E-state index contributed by atoms with van der Waals surface area (Å²) in [6.45, 7) is 10.5. The molecule has 0 saturated heterocycles. The molecule has 0 saturated carbocycles. The van der Waals surface area contributed by atoms with E-state index in [2.05, 4.69) is 5.32 Å². The van der Waals surface area contributed by atoms with Crippen LogP contribution in [0.25, 0.3) is 0 Å². The Bertz CT molecular complexity index is 1140. The lowest BCUT2D eigenvalue weighted by Crippen LogP contribution is -2.41. The summed E-state index contributed by atoms with van der Waals surface area (Å²) in [6, 6.07) is 12.6. The molecule has 9 nitrogen and oxygen atoms in total. The first-order valence-electron chi connectivity index (χ1n) is 12.3. The number of esters is 4. The number of hydrogen-bond donors (Lipinski definition) is 1. The lowest BCUT2D eigenvalue weighted by molar-refractivity contribution is -0.145. The summed E-state index contributed by atoms with van der Waals surface area (Å²) >= 11 is 0. The van der Waals surface area contributed by atoms with Gasteiger partial charge < -0.3 is 24.3 Å². The van der Waals surface area contributed by atoms with Gasteiger partial charge in [-0.1, -0.05) is 24.3 Å². The number of carbonyl (C=O) groups is 4. The van der Waals surface area contributed by atoms with Crippen LogP contribution in [-0.2, 0) is 30.3 Å². The van der Waals surface area contributed by atoms with Crippen LogP contribution in [0, 0.1) is 10.8 Å². The second-order valence-electron chi connectivity index (χ2n) is 10.8. The Morgan fingerprint density at radius 3 is 1.92 bits per heavy atom. The molecule has 1 N–H and O–H groups in total. The van der Waals surface area contributed by atoms with Crippen LogP contribution in [0.2, 0.25) is 0 Å². The second kappa shape index (κ2) is 14.6. The highest BCUT2D eigenvalue weighted by atomic mass is 35.5. The Morgan fingerprint density at radius 2 is 1.38 bits per heavy atom. The molecule has 0 aliphatic carbocycles. The summed E-state index contributed by atoms with van der Waals surface area (Å²) < 4.78 is 21.3. The molecule has 214 valence electrons. The molecule has 0 fully saturated rings. The Labute approximate surface area is 235 Å². The summed E-state index contributed by atoms with van der Waals surface area (Å²) in [5, 5.41) is 3.03. The van der Waals surface area contributed by atoms with Crippen LogP contribution in [0.1, 0.15) is 57.5 Å². The van der Waals surface area contributed by atoms with Crippen molar-refractivity contribution in [2.75, 3.05) is 20.3 Å². The third kappa shape index (κ3) is 10.7. The maximum Gasteiger partial charge on any atom is 0.338 e. The van der Waals surface area contributed by atoms with Crippen LogP contribution < -0.4 is 14.8 Å². The average molecular weight is 564 g/mol. The Hall–Kier alpha value is -3.43. The molecule has 2 rings (SSSR count). The van der Waals surface area contributed by atoms with E-state index in [0.29, 0.717) is 11.1 Å². The van der Waals surface area contributed by atoms with Gasteiger partial charge in [0.1, 0.15) is 12.6 Å². The van der Waals surface area contributed by atoms with E-state index >= 15 is 0 Å². The van der Waals surface area contributed by atoms with E-state index in [-0.39, 0.29) is 43.5 Å². The quantitative estimate of drug-likeness (QED) is 0.252. The first-order chi connectivity index (χ1) is 17.7. The standard InChI is InChI=1S/C29H37NO8.ClH/c1-28(2,3)26(33)37-22-14-13-19(18-23(22)38-27(34)29(4,5)6)17-21(25(32)35-7)30-15-16-36-24(31)20-11-9-8-10-12-20;/h8-14,18,21,30H,15-17H2,1-7H3;1H/t21-;/m0./s1. The number of nitrogens with one attached hydrogen (secondary N) is 1. The zero-order valence-corrected chi connectivity index (χ0v) is 24.3. The van der Waals surface area contributed by atoms with Gasteiger partial charge in [0, 0.05) is 6.54 Å². The molecule has 0 unspecified atom stereocenters. The maximum atomic E-state index is 12.6. The number of methoxy groups -OCH3 is 1. The molecule has 39 heavy (non-hydrogen) atoms. The molecule has 0 amide bonds. The minimum atomic E-state index is -0.797. The third-order valence-electron chi connectivity index (χ3n) is 5.30. The summed E-state index contributed by atoms with van der Waals surface area (Å²) in [5.41, 5.74) is -0.509. The Balaban J connectivity index is 0.00000760. The van der Waals surface area contributed by atoms with Crippen LogP contribution in [0.15, 0.2) is 48.5 Å². The van der Waals surface area contributed by atoms with Crippen molar-refractivity contribution in [1.82, 2.24) is 5.32 Å². The van der Waals surface area contributed by atoms with Crippen LogP contribution >= 0.6 is 12.4 Å². The first kappa shape index (κ1) is 33.6. The fraction of sp³-hybridized carbons (Fsp3) is 0.448. The first-order valence-corrected chi connectivity index (χ1v) is 12.3. The van der Waals surface area contributed by atoms with Gasteiger partial charge in [-0.15, -0.1) is 12.4 Å². The molecule has 10 heteroatoms. The van der Waals surface area contributed by atoms with Gasteiger partial charge in [-0.2, -0.15) is 0 Å². The highest BCUT2D eigenvalue weighted by Gasteiger charge is 2.29. The van der Waals surface area contributed by atoms with Crippen molar-refractivity contribution < 1.29 is 38.1 Å². The predicted octanol–water partition coefficient (Wildman–Crippen LogP) is 4.54. The molecular formula is C29H38ClNO8. The predicted molar refractivity (Wildman–Crippen MR) is 148 cm³/mol. The van der Waals surface area contributed by atoms with E-state index in [0.717, 1.165) is 0 Å². The molecule has 0 aromatic heterocycles. The van der Waals surface area contributed by atoms with Crippen LogP contribution in [0.3, 0.4) is 0 Å². The number of rotatable bonds is 10. The number of halogens is 1. The van der Waals surface area contributed by atoms with Crippen LogP contribution in [0.4, 0.5) is 0 Å². The van der Waals surface area contributed by atoms with Crippen molar-refractivity contribution in [2.45, 2.75) is 54.0 Å². The van der Waals surface area contributed by atoms with Crippen molar-refractivity contribution in [1.29, 1.82) is 0 Å². The summed E-state index contributed by atoms with van der Waals surface area (Å²) in [7, 11) is 1.28. The van der Waals surface area contributed by atoms with Gasteiger partial charge in [0.15, 0.2) is 11.5 Å². The SMILES string of the molecule is COC(=O)[C@H](Cc1ccc(OC(=O)C(C)(C)C)c(OC(=O)C(C)(C)C)c1)NCCOC(=O)c1ccccc1.Cl. The second-order valence-corrected chi connectivity index (χ2v) is 10.8. The highest BCUT2D eigenvalue weighted by molar-refractivity contribution is 5.89. The van der Waals surface area contributed by atoms with Gasteiger partial charge in [0.05, 0.1) is 23.5 Å². The largest absolute Gasteiger partial charge is 0.468 e. The fourth-order valence-electron chi connectivity index (χ4n) is 3.00. The summed E-state index contributed by atoms with van der Waals surface area (Å²) in [4.78, 5) is 49.6. The fourth-order valence-corrected chi connectivity index (χ4v) is 3.00. The molecule has 0 bridgehead atoms. The summed E-state index contributed by atoms with van der Waals surface area (Å²) in [5.74, 6) is -1.81. The zero-order chi connectivity index (χ0) is 28.5. The minimum absolute atomic E-state index is 0. The lowest BCUT2D eigenvalue weighted by Gasteiger charge is -2.21. The molecule has 0 aliphatic rings. The minimum Gasteiger partial charge on any atom is -0.468 e. The van der Waals surface area contributed by atoms with Gasteiger partial charge in [0.2, 0.25) is 0 Å². The Kier molecular flexibility index (Phi) is 12.6. The number of hydrogen-bond acceptors (Lipinski definition) is 9. The van der Waals surface area contributed by atoms with E-state index in [9.17, 15) is 19.2 Å². The third-order valence-corrected chi connectivity index (χ3v) is 5.30. The van der Waals surface area contributed by atoms with E-state index in [1.165, 1.54) is 13.2 Å². The molecule has 2 aromatic rings. The topological polar surface area (TPSA) is 117 Å². The summed E-state index contributed by atoms with van der Waals surface area (Å²) in [6.07, 6.45) is 0.173. The van der Waals surface area contributed by atoms with Crippen molar-refractivity contribution in [3.63, 3.8) is 0 Å². The van der Waals surface area contributed by atoms with Crippen molar-refractivity contribution in [2.24, 2.45) is 10.8 Å². The lowest BCUT2D eigenvalue weighted by atomic mass is 9.97. The monoisotopic (exact) mass is 563 g/mol. The van der Waals surface area contributed by atoms with Crippen molar-refractivity contribution in [3.05, 3.63) is 59.7 Å². The van der Waals surface area contributed by atoms with Crippen LogP contribution in [-0.4, -0.2) is 50.2 Å². The van der Waals surface area contributed by atoms with Crippen LogP contribution in [0.5, 0.6) is 11.5 Å². The molecular weight excluding hydrogens is 526 g/mol. The van der Waals surface area contributed by atoms with E-state index in [1.54, 1.807) is 84.0 Å². The average Bonchev–Trinajstić information content (AvgIpc) is 2.85. The van der Waals surface area contributed by atoms with Gasteiger partial charge in [-0.3, -0.25) is 14.4 Å². The van der Waals surface area contributed by atoms with E-state index < -0.39 is 40.7 Å². The zero-order valence-electron chi connectivity index (χ0n) is 23.5. The van der Waals surface area contributed by atoms with Gasteiger partial charge in [-0.05, 0) is 77.8 Å². The van der Waals surface area contributed by atoms with Gasteiger partial charge in [0.25, 0.3) is 0 Å². The molecule has 0 spiro atoms. The normalized spacial score (nSPS) is 12.0. The molecule has 1 atom stereocenters. The van der Waals surface area contributed by atoms with Crippen molar-refractivity contribution >= 4 is 36.3 Å². The van der Waals surface area contributed by atoms with Gasteiger partial charge >= 0.3 is 23.9 Å². The molecule has 0 aliphatic heterocycles. The number of ether oxygens (including phenoxy) is 4. The van der Waals surface area contributed by atoms with Crippen molar-refractivity contribution in [3.8, 4) is 11.5 Å². The molecule has 0 heterocycles. The maximum absolute atomic E-state index is 12.6. The number of benzene rings is 2. The number of carbonyl (C=O) groups excluding carboxylic acids is 4. The van der Waals surface area contributed by atoms with E-state index in [4.69, 9.17) is 18.9 Å².